The molecular weight excluding hydrogens is 487 g/mol. The molecule has 31 heavy (non-hydrogen) atoms. The molecule has 0 bridgehead atoms. The van der Waals surface area contributed by atoms with Crippen LogP contribution in [0.1, 0.15) is 11.1 Å². The molecule has 1 aliphatic rings. The maximum Gasteiger partial charge on any atom is 0.282 e. The zero-order valence-corrected chi connectivity index (χ0v) is 18.3. The van der Waals surface area contributed by atoms with E-state index < -0.39 is 11.8 Å². The van der Waals surface area contributed by atoms with Crippen LogP contribution in [0, 0.1) is 5.82 Å². The van der Waals surface area contributed by atoms with Gasteiger partial charge in [0.15, 0.2) is 5.75 Å². The minimum absolute atomic E-state index is 0.00759. The van der Waals surface area contributed by atoms with Gasteiger partial charge in [0.25, 0.3) is 11.8 Å². The fourth-order valence-electron chi connectivity index (χ4n) is 3.02. The Kier molecular flexibility index (Phi) is 6.06. The summed E-state index contributed by atoms with van der Waals surface area (Å²) < 4.78 is 19.3. The Morgan fingerprint density at radius 2 is 1.77 bits per heavy atom. The van der Waals surface area contributed by atoms with Crippen LogP contribution in [0.15, 0.2) is 76.8 Å². The van der Waals surface area contributed by atoms with E-state index in [-0.39, 0.29) is 18.0 Å². The molecule has 1 saturated heterocycles. The maximum absolute atomic E-state index is 13.0. The normalized spacial score (nSPS) is 14.8. The van der Waals surface area contributed by atoms with Gasteiger partial charge in [-0.15, -0.1) is 0 Å². The molecule has 0 atom stereocenters. The molecule has 0 radical (unpaired) electrons. The number of hydrogen-bond acceptors (Lipinski definition) is 3. The number of hydrazine groups is 1. The number of hydrogen-bond donors (Lipinski definition) is 1. The maximum atomic E-state index is 13.0. The molecular formula is C23H15BrClFN2O3. The van der Waals surface area contributed by atoms with Crippen LogP contribution >= 0.6 is 27.5 Å². The van der Waals surface area contributed by atoms with Crippen LogP contribution in [0.25, 0.3) is 6.08 Å². The summed E-state index contributed by atoms with van der Waals surface area (Å²) in [5.74, 6) is -0.879. The highest BCUT2D eigenvalue weighted by atomic mass is 79.9. The first-order valence-electron chi connectivity index (χ1n) is 9.21. The highest BCUT2D eigenvalue weighted by Gasteiger charge is 2.34. The van der Waals surface area contributed by atoms with Crippen molar-refractivity contribution in [1.82, 2.24) is 5.43 Å². The lowest BCUT2D eigenvalue weighted by molar-refractivity contribution is -0.117. The SMILES string of the molecule is O=C1NN(c2ccccc2)C(=O)/C1=C\c1cc(Cl)c(OCc2ccc(F)cc2)c(Br)c1. The minimum Gasteiger partial charge on any atom is -0.486 e. The van der Waals surface area contributed by atoms with Crippen molar-refractivity contribution in [3.63, 3.8) is 0 Å². The summed E-state index contributed by atoms with van der Waals surface area (Å²) in [6.07, 6.45) is 1.47. The molecule has 1 aliphatic heterocycles. The third kappa shape index (κ3) is 4.62. The summed E-state index contributed by atoms with van der Waals surface area (Å²) in [6.45, 7) is 0.200. The topological polar surface area (TPSA) is 58.6 Å². The van der Waals surface area contributed by atoms with Crippen molar-refractivity contribution in [3.8, 4) is 5.75 Å². The van der Waals surface area contributed by atoms with E-state index in [0.717, 1.165) is 5.56 Å². The first-order valence-corrected chi connectivity index (χ1v) is 10.4. The minimum atomic E-state index is -0.502. The smallest absolute Gasteiger partial charge is 0.282 e. The monoisotopic (exact) mass is 500 g/mol. The summed E-state index contributed by atoms with van der Waals surface area (Å²) >= 11 is 9.79. The lowest BCUT2D eigenvalue weighted by Crippen LogP contribution is -2.35. The molecule has 4 rings (SSSR count). The van der Waals surface area contributed by atoms with Gasteiger partial charge in [-0.25, -0.2) is 9.40 Å². The predicted molar refractivity (Wildman–Crippen MR) is 120 cm³/mol. The van der Waals surface area contributed by atoms with E-state index in [1.807, 2.05) is 6.07 Å². The lowest BCUT2D eigenvalue weighted by atomic mass is 10.1. The van der Waals surface area contributed by atoms with Crippen molar-refractivity contribution < 1.29 is 18.7 Å². The molecule has 1 fully saturated rings. The Morgan fingerprint density at radius 1 is 1.06 bits per heavy atom. The van der Waals surface area contributed by atoms with E-state index in [2.05, 4.69) is 21.4 Å². The Morgan fingerprint density at radius 3 is 2.45 bits per heavy atom. The van der Waals surface area contributed by atoms with Crippen molar-refractivity contribution in [3.05, 3.63) is 98.7 Å². The van der Waals surface area contributed by atoms with Crippen molar-refractivity contribution in [1.29, 1.82) is 0 Å². The Labute approximate surface area is 191 Å². The second-order valence-corrected chi connectivity index (χ2v) is 7.97. The van der Waals surface area contributed by atoms with E-state index in [1.54, 1.807) is 48.5 Å². The summed E-state index contributed by atoms with van der Waals surface area (Å²) in [7, 11) is 0. The number of benzene rings is 3. The molecule has 2 amide bonds. The van der Waals surface area contributed by atoms with Crippen LogP contribution in [0.4, 0.5) is 10.1 Å². The second kappa shape index (κ2) is 8.91. The molecule has 0 unspecified atom stereocenters. The Hall–Kier alpha value is -3.16. The van der Waals surface area contributed by atoms with E-state index in [4.69, 9.17) is 16.3 Å². The number of ether oxygens (including phenoxy) is 1. The molecule has 3 aromatic rings. The number of halogens is 3. The van der Waals surface area contributed by atoms with Gasteiger partial charge in [0.05, 0.1) is 15.2 Å². The summed E-state index contributed by atoms with van der Waals surface area (Å²) in [4.78, 5) is 25.1. The molecule has 0 spiro atoms. The Balaban J connectivity index is 1.55. The number of anilines is 1. The van der Waals surface area contributed by atoms with Gasteiger partial charge >= 0.3 is 0 Å². The number of para-hydroxylation sites is 1. The zero-order chi connectivity index (χ0) is 22.0. The van der Waals surface area contributed by atoms with Gasteiger partial charge in [0.2, 0.25) is 0 Å². The van der Waals surface area contributed by atoms with Crippen LogP contribution in [-0.2, 0) is 16.2 Å². The highest BCUT2D eigenvalue weighted by Crippen LogP contribution is 2.36. The standard InChI is InChI=1S/C23H15BrClFN2O3/c24-19-11-15(12-20(25)21(19)31-13-14-6-8-16(26)9-7-14)10-18-22(29)27-28(23(18)30)17-4-2-1-3-5-17/h1-12H,13H2,(H,27,29)/b18-10-. The third-order valence-electron chi connectivity index (χ3n) is 4.53. The number of carbonyl (C=O) groups excluding carboxylic acids is 2. The van der Waals surface area contributed by atoms with Gasteiger partial charge in [-0.2, -0.15) is 0 Å². The average molecular weight is 502 g/mol. The van der Waals surface area contributed by atoms with Crippen LogP contribution < -0.4 is 15.2 Å². The molecule has 3 aromatic carbocycles. The van der Waals surface area contributed by atoms with Crippen LogP contribution in [0.2, 0.25) is 5.02 Å². The molecule has 1 N–H and O–H groups in total. The number of amides is 2. The largest absolute Gasteiger partial charge is 0.486 e. The Bertz CT molecular complexity index is 1160. The first-order chi connectivity index (χ1) is 14.9. The van der Waals surface area contributed by atoms with Crippen molar-refractivity contribution in [2.24, 2.45) is 0 Å². The zero-order valence-electron chi connectivity index (χ0n) is 15.9. The van der Waals surface area contributed by atoms with Crippen LogP contribution in [0.5, 0.6) is 5.75 Å². The van der Waals surface area contributed by atoms with E-state index in [1.165, 1.54) is 23.2 Å². The van der Waals surface area contributed by atoms with Crippen molar-refractivity contribution >= 4 is 51.1 Å². The van der Waals surface area contributed by atoms with Gasteiger partial charge in [-0.05, 0) is 69.5 Å². The van der Waals surface area contributed by atoms with Gasteiger partial charge < -0.3 is 4.74 Å². The predicted octanol–water partition coefficient (Wildman–Crippen LogP) is 5.28. The first kappa shape index (κ1) is 21.1. The van der Waals surface area contributed by atoms with Gasteiger partial charge in [-0.1, -0.05) is 41.9 Å². The number of carbonyl (C=O) groups is 2. The van der Waals surface area contributed by atoms with Crippen molar-refractivity contribution in [2.45, 2.75) is 6.61 Å². The number of nitrogens with zero attached hydrogens (tertiary/aromatic N) is 1. The fraction of sp³-hybridized carbons (Fsp3) is 0.0435. The quantitative estimate of drug-likeness (QED) is 0.382. The van der Waals surface area contributed by atoms with Crippen LogP contribution in [-0.4, -0.2) is 11.8 Å². The molecule has 1 heterocycles. The van der Waals surface area contributed by atoms with E-state index in [9.17, 15) is 14.0 Å². The molecule has 0 saturated carbocycles. The molecule has 0 aliphatic carbocycles. The van der Waals surface area contributed by atoms with Crippen LogP contribution in [0.3, 0.4) is 0 Å². The number of rotatable bonds is 5. The summed E-state index contributed by atoms with van der Waals surface area (Å²) in [5.41, 5.74) is 4.45. The van der Waals surface area contributed by atoms with E-state index >= 15 is 0 Å². The van der Waals surface area contributed by atoms with Crippen molar-refractivity contribution in [2.75, 3.05) is 5.01 Å². The van der Waals surface area contributed by atoms with Gasteiger partial charge in [0, 0.05) is 0 Å². The third-order valence-corrected chi connectivity index (χ3v) is 5.40. The summed E-state index contributed by atoms with van der Waals surface area (Å²) in [5, 5.41) is 1.50. The molecule has 0 aromatic heterocycles. The van der Waals surface area contributed by atoms with Gasteiger partial charge in [-0.3, -0.25) is 15.0 Å². The lowest BCUT2D eigenvalue weighted by Gasteiger charge is -2.14. The van der Waals surface area contributed by atoms with E-state index in [0.29, 0.717) is 26.5 Å². The molecule has 8 heteroatoms. The second-order valence-electron chi connectivity index (χ2n) is 6.70. The van der Waals surface area contributed by atoms with Gasteiger partial charge in [0.1, 0.15) is 18.0 Å². The highest BCUT2D eigenvalue weighted by molar-refractivity contribution is 9.10. The molecule has 5 nitrogen and oxygen atoms in total. The average Bonchev–Trinajstić information content (AvgIpc) is 3.03. The summed E-state index contributed by atoms with van der Waals surface area (Å²) in [6, 6.07) is 18.1. The number of nitrogens with one attached hydrogen (secondary N) is 1. The fourth-order valence-corrected chi connectivity index (χ4v) is 4.01. The molecule has 156 valence electrons.